The normalized spacial score (nSPS) is 16.4. The molecule has 1 aliphatic heterocycles. The molecule has 0 aromatic heterocycles. The Bertz CT molecular complexity index is 834. The molecule has 0 aliphatic carbocycles. The van der Waals surface area contributed by atoms with Crippen LogP contribution in [-0.4, -0.2) is 20.4 Å². The lowest BCUT2D eigenvalue weighted by atomic mass is 10.2. The first kappa shape index (κ1) is 16.3. The summed E-state index contributed by atoms with van der Waals surface area (Å²) in [6.07, 6.45) is 1.64. The Hall–Kier alpha value is -1.58. The molecule has 1 fully saturated rings. The SMILES string of the molecule is O=C1/C(=C/c2ccc(O)c(O)c2)SC(=S)N1c1ccc(I)cc1. The third kappa shape index (κ3) is 3.36. The van der Waals surface area contributed by atoms with Crippen LogP contribution < -0.4 is 4.90 Å². The van der Waals surface area contributed by atoms with Gasteiger partial charge in [-0.2, -0.15) is 0 Å². The average molecular weight is 455 g/mol. The molecule has 0 atom stereocenters. The maximum atomic E-state index is 12.6. The van der Waals surface area contributed by atoms with Gasteiger partial charge in [0, 0.05) is 3.57 Å². The third-order valence-electron chi connectivity index (χ3n) is 3.18. The number of thioether (sulfide) groups is 1. The van der Waals surface area contributed by atoms with Gasteiger partial charge in [0.25, 0.3) is 5.91 Å². The number of anilines is 1. The van der Waals surface area contributed by atoms with Gasteiger partial charge < -0.3 is 10.2 Å². The summed E-state index contributed by atoms with van der Waals surface area (Å²) >= 11 is 8.71. The summed E-state index contributed by atoms with van der Waals surface area (Å²) < 4.78 is 1.54. The Morgan fingerprint density at radius 3 is 2.43 bits per heavy atom. The van der Waals surface area contributed by atoms with Crippen molar-refractivity contribution in [2.75, 3.05) is 4.90 Å². The summed E-state index contributed by atoms with van der Waals surface area (Å²) in [5.74, 6) is -0.630. The van der Waals surface area contributed by atoms with Gasteiger partial charge in [-0.05, 0) is 70.6 Å². The Balaban J connectivity index is 1.92. The fraction of sp³-hybridized carbons (Fsp3) is 0. The number of phenolic OH excluding ortho intramolecular Hbond substituents is 2. The van der Waals surface area contributed by atoms with Crippen molar-refractivity contribution in [2.45, 2.75) is 0 Å². The van der Waals surface area contributed by atoms with Crippen LogP contribution in [0, 0.1) is 3.57 Å². The number of hydrogen-bond acceptors (Lipinski definition) is 5. The van der Waals surface area contributed by atoms with Crippen LogP contribution in [0.3, 0.4) is 0 Å². The topological polar surface area (TPSA) is 60.8 Å². The number of nitrogens with zero attached hydrogens (tertiary/aromatic N) is 1. The molecule has 0 bridgehead atoms. The van der Waals surface area contributed by atoms with Crippen LogP contribution in [-0.2, 0) is 4.79 Å². The first-order chi connectivity index (χ1) is 11.0. The van der Waals surface area contributed by atoms with Crippen molar-refractivity contribution in [3.8, 4) is 11.5 Å². The van der Waals surface area contributed by atoms with E-state index in [4.69, 9.17) is 12.2 Å². The van der Waals surface area contributed by atoms with Crippen molar-refractivity contribution < 1.29 is 15.0 Å². The molecule has 23 heavy (non-hydrogen) atoms. The number of benzene rings is 2. The zero-order chi connectivity index (χ0) is 16.6. The molecule has 1 saturated heterocycles. The minimum atomic E-state index is -0.230. The van der Waals surface area contributed by atoms with E-state index in [-0.39, 0.29) is 17.4 Å². The molecule has 0 saturated carbocycles. The first-order valence-corrected chi connectivity index (χ1v) is 8.81. The van der Waals surface area contributed by atoms with Gasteiger partial charge in [-0.1, -0.05) is 30.0 Å². The van der Waals surface area contributed by atoms with Gasteiger partial charge in [0.2, 0.25) is 0 Å². The van der Waals surface area contributed by atoms with Crippen LogP contribution in [0.25, 0.3) is 6.08 Å². The number of aromatic hydroxyl groups is 2. The molecule has 1 aliphatic rings. The van der Waals surface area contributed by atoms with Gasteiger partial charge in [0.05, 0.1) is 10.6 Å². The van der Waals surface area contributed by atoms with Crippen molar-refractivity contribution in [1.29, 1.82) is 0 Å². The molecule has 7 heteroatoms. The number of rotatable bonds is 2. The molecule has 1 amide bonds. The number of halogens is 1. The highest BCUT2D eigenvalue weighted by Crippen LogP contribution is 2.37. The van der Waals surface area contributed by atoms with Gasteiger partial charge >= 0.3 is 0 Å². The second kappa shape index (κ2) is 6.50. The van der Waals surface area contributed by atoms with Crippen molar-refractivity contribution in [1.82, 2.24) is 0 Å². The van der Waals surface area contributed by atoms with Crippen molar-refractivity contribution in [3.63, 3.8) is 0 Å². The van der Waals surface area contributed by atoms with Crippen LogP contribution in [0.1, 0.15) is 5.56 Å². The van der Waals surface area contributed by atoms with Gasteiger partial charge in [0.15, 0.2) is 15.8 Å². The van der Waals surface area contributed by atoms with Crippen molar-refractivity contribution in [2.24, 2.45) is 0 Å². The van der Waals surface area contributed by atoms with Gasteiger partial charge in [-0.25, -0.2) is 0 Å². The molecule has 2 aromatic carbocycles. The largest absolute Gasteiger partial charge is 0.504 e. The maximum Gasteiger partial charge on any atom is 0.270 e. The second-order valence-electron chi connectivity index (χ2n) is 4.74. The number of carbonyl (C=O) groups is 1. The van der Waals surface area contributed by atoms with Crippen LogP contribution in [0.5, 0.6) is 11.5 Å². The molecule has 3 rings (SSSR count). The fourth-order valence-electron chi connectivity index (χ4n) is 2.06. The minimum Gasteiger partial charge on any atom is -0.504 e. The molecule has 0 radical (unpaired) electrons. The molecule has 2 N–H and O–H groups in total. The van der Waals surface area contributed by atoms with Crippen LogP contribution in [0.2, 0.25) is 0 Å². The number of amides is 1. The second-order valence-corrected chi connectivity index (χ2v) is 7.66. The molecule has 0 spiro atoms. The Morgan fingerprint density at radius 2 is 1.78 bits per heavy atom. The predicted octanol–water partition coefficient (Wildman–Crippen LogP) is 4.11. The fourth-order valence-corrected chi connectivity index (χ4v) is 3.72. The lowest BCUT2D eigenvalue weighted by molar-refractivity contribution is -0.113. The summed E-state index contributed by atoms with van der Waals surface area (Å²) in [5, 5.41) is 18.9. The molecule has 4 nitrogen and oxygen atoms in total. The molecule has 2 aromatic rings. The van der Waals surface area contributed by atoms with E-state index < -0.39 is 0 Å². The summed E-state index contributed by atoms with van der Waals surface area (Å²) in [6.45, 7) is 0. The third-order valence-corrected chi connectivity index (χ3v) is 5.20. The minimum absolute atomic E-state index is 0.200. The van der Waals surface area contributed by atoms with Gasteiger partial charge in [-0.3, -0.25) is 9.69 Å². The summed E-state index contributed by atoms with van der Waals surface area (Å²) in [7, 11) is 0. The maximum absolute atomic E-state index is 12.6. The van der Waals surface area contributed by atoms with Crippen molar-refractivity contribution in [3.05, 3.63) is 56.5 Å². The highest BCUT2D eigenvalue weighted by Gasteiger charge is 2.33. The van der Waals surface area contributed by atoms with E-state index in [1.807, 2.05) is 24.3 Å². The van der Waals surface area contributed by atoms with E-state index in [1.54, 1.807) is 12.1 Å². The van der Waals surface area contributed by atoms with Crippen molar-refractivity contribution >= 4 is 68.6 Å². The molecular weight excluding hydrogens is 445 g/mol. The van der Waals surface area contributed by atoms with E-state index in [1.165, 1.54) is 28.8 Å². The van der Waals surface area contributed by atoms with E-state index in [2.05, 4.69) is 22.6 Å². The lowest BCUT2D eigenvalue weighted by Crippen LogP contribution is -2.27. The monoisotopic (exact) mass is 455 g/mol. The van der Waals surface area contributed by atoms with E-state index >= 15 is 0 Å². The van der Waals surface area contributed by atoms with E-state index in [0.29, 0.717) is 14.8 Å². The Kier molecular flexibility index (Phi) is 4.60. The zero-order valence-corrected chi connectivity index (χ0v) is 15.4. The smallest absolute Gasteiger partial charge is 0.270 e. The number of thiocarbonyl (C=S) groups is 1. The lowest BCUT2D eigenvalue weighted by Gasteiger charge is -2.14. The highest BCUT2D eigenvalue weighted by atomic mass is 127. The number of phenols is 2. The first-order valence-electron chi connectivity index (χ1n) is 6.51. The average Bonchev–Trinajstić information content (AvgIpc) is 2.79. The van der Waals surface area contributed by atoms with Crippen LogP contribution in [0.15, 0.2) is 47.4 Å². The quantitative estimate of drug-likeness (QED) is 0.309. The number of carbonyl (C=O) groups excluding carboxylic acids is 1. The van der Waals surface area contributed by atoms with Gasteiger partial charge in [-0.15, -0.1) is 0 Å². The van der Waals surface area contributed by atoms with E-state index in [9.17, 15) is 15.0 Å². The zero-order valence-electron chi connectivity index (χ0n) is 11.6. The predicted molar refractivity (Wildman–Crippen MR) is 105 cm³/mol. The van der Waals surface area contributed by atoms with Crippen LogP contribution in [0.4, 0.5) is 5.69 Å². The molecule has 116 valence electrons. The summed E-state index contributed by atoms with van der Waals surface area (Å²) in [5.41, 5.74) is 1.34. The molecule has 0 unspecified atom stereocenters. The Labute approximate surface area is 156 Å². The van der Waals surface area contributed by atoms with Gasteiger partial charge in [0.1, 0.15) is 0 Å². The number of hydrogen-bond donors (Lipinski definition) is 2. The highest BCUT2D eigenvalue weighted by molar-refractivity contribution is 14.1. The molecule has 1 heterocycles. The standard InChI is InChI=1S/C16H10INO3S2/c17-10-2-4-11(5-3-10)18-15(21)14(23-16(18)22)8-9-1-6-12(19)13(20)7-9/h1-8,19-20H/b14-8-. The Morgan fingerprint density at radius 1 is 1.09 bits per heavy atom. The van der Waals surface area contributed by atoms with Crippen LogP contribution >= 0.6 is 46.6 Å². The summed E-state index contributed by atoms with van der Waals surface area (Å²) in [4.78, 5) is 14.6. The molecular formula is C16H10INO3S2. The summed E-state index contributed by atoms with van der Waals surface area (Å²) in [6, 6.07) is 11.9. The van der Waals surface area contributed by atoms with E-state index in [0.717, 1.165) is 9.26 Å².